The van der Waals surface area contributed by atoms with Crippen LogP contribution in [0.5, 0.6) is 0 Å². The molecular formula is C12H18N4O2. The Labute approximate surface area is 105 Å². The van der Waals surface area contributed by atoms with Crippen LogP contribution < -0.4 is 4.90 Å². The lowest BCUT2D eigenvalue weighted by Crippen LogP contribution is -2.36. The summed E-state index contributed by atoms with van der Waals surface area (Å²) in [5, 5.41) is 16.2. The Bertz CT molecular complexity index is 433. The zero-order chi connectivity index (χ0) is 12.5. The number of aliphatic carboxylic acids is 1. The van der Waals surface area contributed by atoms with Crippen molar-refractivity contribution in [3.05, 3.63) is 5.82 Å². The Morgan fingerprint density at radius 1 is 1.28 bits per heavy atom. The molecular weight excluding hydrogens is 232 g/mol. The number of hydrogen-bond acceptors (Lipinski definition) is 4. The maximum Gasteiger partial charge on any atom is 0.306 e. The minimum absolute atomic E-state index is 0.203. The van der Waals surface area contributed by atoms with Crippen molar-refractivity contribution in [3.63, 3.8) is 0 Å². The first-order valence-corrected chi connectivity index (χ1v) is 6.64. The first-order valence-electron chi connectivity index (χ1n) is 6.64. The van der Waals surface area contributed by atoms with Crippen LogP contribution >= 0.6 is 0 Å². The van der Waals surface area contributed by atoms with Gasteiger partial charge in [0.15, 0.2) is 0 Å². The number of piperidine rings is 1. The average molecular weight is 250 g/mol. The number of hydrogen-bond donors (Lipinski definition) is 2. The number of carboxylic acid groups (broad SMARTS) is 1. The molecule has 1 aliphatic carbocycles. The van der Waals surface area contributed by atoms with Crippen LogP contribution in [-0.2, 0) is 4.79 Å². The molecule has 0 atom stereocenters. The van der Waals surface area contributed by atoms with E-state index < -0.39 is 5.97 Å². The van der Waals surface area contributed by atoms with Crippen LogP contribution in [0.4, 0.5) is 5.95 Å². The van der Waals surface area contributed by atoms with Gasteiger partial charge in [-0.3, -0.25) is 9.89 Å². The van der Waals surface area contributed by atoms with Crippen molar-refractivity contribution in [2.75, 3.05) is 18.0 Å². The molecule has 0 spiro atoms. The topological polar surface area (TPSA) is 82.1 Å². The molecule has 0 radical (unpaired) electrons. The second-order valence-electron chi connectivity index (χ2n) is 5.25. The highest BCUT2D eigenvalue weighted by molar-refractivity contribution is 5.70. The first kappa shape index (κ1) is 11.5. The summed E-state index contributed by atoms with van der Waals surface area (Å²) in [5.41, 5.74) is 0. The Kier molecular flexibility index (Phi) is 2.93. The molecule has 2 aliphatic rings. The van der Waals surface area contributed by atoms with Crippen molar-refractivity contribution in [2.45, 2.75) is 38.0 Å². The third-order valence-corrected chi connectivity index (χ3v) is 4.11. The van der Waals surface area contributed by atoms with Gasteiger partial charge in [0.25, 0.3) is 0 Å². The van der Waals surface area contributed by atoms with Gasteiger partial charge in [-0.2, -0.15) is 4.98 Å². The van der Waals surface area contributed by atoms with Crippen molar-refractivity contribution in [2.24, 2.45) is 5.92 Å². The van der Waals surface area contributed by atoms with E-state index in [-0.39, 0.29) is 5.92 Å². The Morgan fingerprint density at radius 2 is 2.00 bits per heavy atom. The van der Waals surface area contributed by atoms with E-state index in [4.69, 9.17) is 5.11 Å². The van der Waals surface area contributed by atoms with Crippen molar-refractivity contribution in [3.8, 4) is 0 Å². The number of aromatic nitrogens is 3. The molecule has 0 amide bonds. The fraction of sp³-hybridized carbons (Fsp3) is 0.750. The monoisotopic (exact) mass is 250 g/mol. The van der Waals surface area contributed by atoms with E-state index in [2.05, 4.69) is 20.1 Å². The summed E-state index contributed by atoms with van der Waals surface area (Å²) in [6, 6.07) is 0. The Balaban J connectivity index is 1.62. The third kappa shape index (κ3) is 2.07. The molecule has 3 rings (SSSR count). The summed E-state index contributed by atoms with van der Waals surface area (Å²) in [5.74, 6) is 1.41. The molecule has 6 nitrogen and oxygen atoms in total. The number of nitrogens with one attached hydrogen (secondary N) is 1. The van der Waals surface area contributed by atoms with Gasteiger partial charge in [-0.15, -0.1) is 5.10 Å². The second-order valence-corrected chi connectivity index (χ2v) is 5.25. The van der Waals surface area contributed by atoms with E-state index >= 15 is 0 Å². The highest BCUT2D eigenvalue weighted by Gasteiger charge is 2.28. The minimum atomic E-state index is -0.681. The van der Waals surface area contributed by atoms with Crippen molar-refractivity contribution >= 4 is 11.9 Å². The summed E-state index contributed by atoms with van der Waals surface area (Å²) in [6.07, 6.45) is 5.06. The number of anilines is 1. The van der Waals surface area contributed by atoms with E-state index in [0.29, 0.717) is 18.8 Å². The van der Waals surface area contributed by atoms with Gasteiger partial charge in [0.2, 0.25) is 5.95 Å². The maximum absolute atomic E-state index is 10.9. The summed E-state index contributed by atoms with van der Waals surface area (Å²) in [6.45, 7) is 1.47. The van der Waals surface area contributed by atoms with E-state index in [1.807, 2.05) is 0 Å². The smallest absolute Gasteiger partial charge is 0.306 e. The van der Waals surface area contributed by atoms with E-state index in [0.717, 1.165) is 24.9 Å². The van der Waals surface area contributed by atoms with Crippen molar-refractivity contribution < 1.29 is 9.90 Å². The first-order chi connectivity index (χ1) is 8.74. The molecule has 1 aliphatic heterocycles. The molecule has 0 unspecified atom stereocenters. The molecule has 1 saturated heterocycles. The van der Waals surface area contributed by atoms with Gasteiger partial charge in [0.1, 0.15) is 5.82 Å². The highest BCUT2D eigenvalue weighted by atomic mass is 16.4. The number of carbonyl (C=O) groups is 1. The van der Waals surface area contributed by atoms with Gasteiger partial charge in [0, 0.05) is 19.0 Å². The van der Waals surface area contributed by atoms with Crippen LogP contribution in [0.1, 0.15) is 43.8 Å². The maximum atomic E-state index is 10.9. The zero-order valence-corrected chi connectivity index (χ0v) is 10.3. The normalized spacial score (nSPS) is 21.9. The predicted octanol–water partition coefficient (Wildman–Crippen LogP) is 1.37. The molecule has 0 bridgehead atoms. The number of aromatic amines is 1. The fourth-order valence-electron chi connectivity index (χ4n) is 2.60. The molecule has 1 saturated carbocycles. The molecule has 2 heterocycles. The molecule has 1 aromatic rings. The predicted molar refractivity (Wildman–Crippen MR) is 65.5 cm³/mol. The van der Waals surface area contributed by atoms with Gasteiger partial charge in [0.05, 0.1) is 5.92 Å². The number of nitrogens with zero attached hydrogens (tertiary/aromatic N) is 3. The number of H-pyrrole nitrogens is 1. The van der Waals surface area contributed by atoms with E-state index in [1.165, 1.54) is 19.3 Å². The van der Waals surface area contributed by atoms with Crippen LogP contribution in [0.3, 0.4) is 0 Å². The molecule has 2 N–H and O–H groups in total. The fourth-order valence-corrected chi connectivity index (χ4v) is 2.60. The standard InChI is InChI=1S/C12H18N4O2/c17-11(18)9-4-6-16(7-5-9)12-13-10(14-15-12)8-2-1-3-8/h8-9H,1-7H2,(H,17,18)(H,13,14,15). The van der Waals surface area contributed by atoms with E-state index in [1.54, 1.807) is 0 Å². The van der Waals surface area contributed by atoms with Crippen molar-refractivity contribution in [1.29, 1.82) is 0 Å². The molecule has 1 aromatic heterocycles. The Morgan fingerprint density at radius 3 is 2.56 bits per heavy atom. The van der Waals surface area contributed by atoms with Gasteiger partial charge in [-0.1, -0.05) is 6.42 Å². The number of carboxylic acids is 1. The SMILES string of the molecule is O=C(O)C1CCN(c2n[nH]c(C3CCC3)n2)CC1. The molecule has 18 heavy (non-hydrogen) atoms. The lowest BCUT2D eigenvalue weighted by Gasteiger charge is -2.29. The highest BCUT2D eigenvalue weighted by Crippen LogP contribution is 2.34. The lowest BCUT2D eigenvalue weighted by atomic mass is 9.85. The van der Waals surface area contributed by atoms with Crippen molar-refractivity contribution in [1.82, 2.24) is 15.2 Å². The molecule has 98 valence electrons. The van der Waals surface area contributed by atoms with Gasteiger partial charge >= 0.3 is 5.97 Å². The lowest BCUT2D eigenvalue weighted by molar-refractivity contribution is -0.142. The van der Waals surface area contributed by atoms with E-state index in [9.17, 15) is 4.79 Å². The number of rotatable bonds is 3. The molecule has 2 fully saturated rings. The van der Waals surface area contributed by atoms with Gasteiger partial charge < -0.3 is 10.0 Å². The zero-order valence-electron chi connectivity index (χ0n) is 10.3. The van der Waals surface area contributed by atoms with Gasteiger partial charge in [-0.05, 0) is 25.7 Å². The third-order valence-electron chi connectivity index (χ3n) is 4.11. The van der Waals surface area contributed by atoms with Gasteiger partial charge in [-0.25, -0.2) is 0 Å². The quantitative estimate of drug-likeness (QED) is 0.846. The summed E-state index contributed by atoms with van der Waals surface area (Å²) < 4.78 is 0. The van der Waals surface area contributed by atoms with Crippen LogP contribution in [0.25, 0.3) is 0 Å². The minimum Gasteiger partial charge on any atom is -0.481 e. The molecule has 6 heteroatoms. The summed E-state index contributed by atoms with van der Waals surface area (Å²) in [4.78, 5) is 17.5. The van der Waals surface area contributed by atoms with Crippen LogP contribution in [0.2, 0.25) is 0 Å². The summed E-state index contributed by atoms with van der Waals surface area (Å²) >= 11 is 0. The summed E-state index contributed by atoms with van der Waals surface area (Å²) in [7, 11) is 0. The second kappa shape index (κ2) is 4.59. The Hall–Kier alpha value is -1.59. The average Bonchev–Trinajstić information content (AvgIpc) is 2.76. The van der Waals surface area contributed by atoms with Crippen LogP contribution in [0.15, 0.2) is 0 Å². The molecule has 0 aromatic carbocycles. The van der Waals surface area contributed by atoms with Crippen LogP contribution in [0, 0.1) is 5.92 Å². The largest absolute Gasteiger partial charge is 0.481 e. The van der Waals surface area contributed by atoms with Crippen LogP contribution in [-0.4, -0.2) is 39.3 Å².